The quantitative estimate of drug-likeness (QED) is 0.522. The van der Waals surface area contributed by atoms with Crippen LogP contribution in [0.5, 0.6) is 0 Å². The fraction of sp³-hybridized carbons (Fsp3) is 0.917. The summed E-state index contributed by atoms with van der Waals surface area (Å²) in [5.74, 6) is 2.66. The third kappa shape index (κ3) is 6.69. The van der Waals surface area contributed by atoms with Crippen LogP contribution in [0.1, 0.15) is 66.2 Å². The summed E-state index contributed by atoms with van der Waals surface area (Å²) >= 11 is 0. The molecule has 0 heteroatoms. The minimum absolute atomic E-state index is 0.879. The van der Waals surface area contributed by atoms with Crippen LogP contribution in [0.2, 0.25) is 0 Å². The van der Waals surface area contributed by atoms with E-state index in [4.69, 9.17) is 0 Å². The largest absolute Gasteiger partial charge is 0.0654 e. The third-order valence-electron chi connectivity index (χ3n) is 2.42. The summed E-state index contributed by atoms with van der Waals surface area (Å²) < 4.78 is 0. The predicted octanol–water partition coefficient (Wildman–Crippen LogP) is 4.60. The number of rotatable bonds is 7. The van der Waals surface area contributed by atoms with Crippen LogP contribution >= 0.6 is 0 Å². The first-order chi connectivity index (χ1) is 5.70. The fourth-order valence-electron chi connectivity index (χ4n) is 1.59. The Kier molecular flexibility index (Phi) is 7.64. The van der Waals surface area contributed by atoms with Gasteiger partial charge in [-0.15, -0.1) is 0 Å². The lowest BCUT2D eigenvalue weighted by molar-refractivity contribution is 0.523. The average Bonchev–Trinajstić information content (AvgIpc) is 2.02. The van der Waals surface area contributed by atoms with Gasteiger partial charge in [0.15, 0.2) is 0 Å². The summed E-state index contributed by atoms with van der Waals surface area (Å²) in [6.45, 7) is 9.19. The van der Waals surface area contributed by atoms with Crippen LogP contribution < -0.4 is 0 Å². The van der Waals surface area contributed by atoms with Gasteiger partial charge in [0.1, 0.15) is 0 Å². The molecule has 1 radical (unpaired) electrons. The normalized spacial score (nSPS) is 11.5. The van der Waals surface area contributed by atoms with Crippen molar-refractivity contribution in [2.45, 2.75) is 66.2 Å². The lowest BCUT2D eigenvalue weighted by atomic mass is 9.93. The Hall–Kier alpha value is 0. The Bertz CT molecular complexity index is 84.0. The standard InChI is InChI=1S/C12H25/c1-5-8-12(6-2)10-7-9-11(3)4/h11H,5-10H2,1-4H3. The minimum Gasteiger partial charge on any atom is -0.0654 e. The van der Waals surface area contributed by atoms with Crippen molar-refractivity contribution in [1.82, 2.24) is 0 Å². The Balaban J connectivity index is 3.31. The highest BCUT2D eigenvalue weighted by Gasteiger charge is 2.05. The Morgan fingerprint density at radius 2 is 1.75 bits per heavy atom. The van der Waals surface area contributed by atoms with Crippen LogP contribution in [0.4, 0.5) is 0 Å². The van der Waals surface area contributed by atoms with Gasteiger partial charge in [0.2, 0.25) is 0 Å². The molecule has 0 aliphatic rings. The van der Waals surface area contributed by atoms with Crippen molar-refractivity contribution in [1.29, 1.82) is 0 Å². The molecule has 0 amide bonds. The summed E-state index contributed by atoms with van der Waals surface area (Å²) in [5.41, 5.74) is 0. The molecule has 0 unspecified atom stereocenters. The number of hydrogen-bond acceptors (Lipinski definition) is 0. The molecule has 0 N–H and O–H groups in total. The molecule has 0 aromatic rings. The summed E-state index contributed by atoms with van der Waals surface area (Å²) in [6.07, 6.45) is 8.15. The van der Waals surface area contributed by atoms with Crippen LogP contribution in [0.25, 0.3) is 0 Å². The van der Waals surface area contributed by atoms with Crippen LogP contribution in [0.15, 0.2) is 0 Å². The summed E-state index contributed by atoms with van der Waals surface area (Å²) in [7, 11) is 0. The molecule has 0 saturated heterocycles. The first kappa shape index (κ1) is 12.0. The molecule has 0 fully saturated rings. The SMILES string of the molecule is CCC[C](CC)CCCC(C)C. The molecule has 0 spiro atoms. The molecule has 0 aromatic heterocycles. The summed E-state index contributed by atoms with van der Waals surface area (Å²) in [4.78, 5) is 0. The molecule has 0 heterocycles. The highest BCUT2D eigenvalue weighted by molar-refractivity contribution is 4.86. The molecule has 12 heavy (non-hydrogen) atoms. The molecule has 0 atom stereocenters. The van der Waals surface area contributed by atoms with E-state index in [1.807, 2.05) is 0 Å². The molecular formula is C12H25. The molecule has 0 rings (SSSR count). The zero-order chi connectivity index (χ0) is 9.40. The van der Waals surface area contributed by atoms with Crippen molar-refractivity contribution in [2.24, 2.45) is 5.92 Å². The molecular weight excluding hydrogens is 144 g/mol. The van der Waals surface area contributed by atoms with E-state index in [0.29, 0.717) is 0 Å². The molecule has 0 bridgehead atoms. The van der Waals surface area contributed by atoms with Crippen molar-refractivity contribution < 1.29 is 0 Å². The van der Waals surface area contributed by atoms with E-state index in [-0.39, 0.29) is 0 Å². The predicted molar refractivity (Wildman–Crippen MR) is 57.1 cm³/mol. The third-order valence-corrected chi connectivity index (χ3v) is 2.42. The van der Waals surface area contributed by atoms with Crippen LogP contribution in [-0.2, 0) is 0 Å². The minimum atomic E-state index is 0.879. The molecule has 0 aliphatic heterocycles. The first-order valence-corrected chi connectivity index (χ1v) is 5.54. The maximum atomic E-state index is 2.31. The van der Waals surface area contributed by atoms with Crippen molar-refractivity contribution >= 4 is 0 Å². The van der Waals surface area contributed by atoms with Gasteiger partial charge in [0, 0.05) is 0 Å². The zero-order valence-corrected chi connectivity index (χ0v) is 9.32. The van der Waals surface area contributed by atoms with Gasteiger partial charge in [-0.1, -0.05) is 47.0 Å². The van der Waals surface area contributed by atoms with Gasteiger partial charge in [-0.05, 0) is 31.1 Å². The molecule has 0 nitrogen and oxygen atoms in total. The Labute approximate surface area is 78.8 Å². The molecule has 0 saturated carbocycles. The highest BCUT2D eigenvalue weighted by Crippen LogP contribution is 2.21. The van der Waals surface area contributed by atoms with Gasteiger partial charge in [-0.3, -0.25) is 0 Å². The maximum absolute atomic E-state index is 2.31. The van der Waals surface area contributed by atoms with Crippen LogP contribution in [0.3, 0.4) is 0 Å². The van der Waals surface area contributed by atoms with E-state index in [2.05, 4.69) is 27.7 Å². The van der Waals surface area contributed by atoms with E-state index < -0.39 is 0 Å². The highest BCUT2D eigenvalue weighted by atomic mass is 14.1. The smallest absolute Gasteiger partial charge is 0.0244 e. The van der Waals surface area contributed by atoms with E-state index in [9.17, 15) is 0 Å². The van der Waals surface area contributed by atoms with E-state index >= 15 is 0 Å². The van der Waals surface area contributed by atoms with Gasteiger partial charge in [-0.25, -0.2) is 0 Å². The van der Waals surface area contributed by atoms with Gasteiger partial charge in [0.25, 0.3) is 0 Å². The topological polar surface area (TPSA) is 0 Å². The fourth-order valence-corrected chi connectivity index (χ4v) is 1.59. The van der Waals surface area contributed by atoms with Gasteiger partial charge < -0.3 is 0 Å². The average molecular weight is 169 g/mol. The maximum Gasteiger partial charge on any atom is -0.0244 e. The lowest BCUT2D eigenvalue weighted by Crippen LogP contribution is -1.97. The van der Waals surface area contributed by atoms with E-state index in [0.717, 1.165) is 5.92 Å². The second kappa shape index (κ2) is 7.64. The van der Waals surface area contributed by atoms with Crippen LogP contribution in [-0.4, -0.2) is 0 Å². The summed E-state index contributed by atoms with van der Waals surface area (Å²) in [6, 6.07) is 0. The first-order valence-electron chi connectivity index (χ1n) is 5.54. The number of hydrogen-bond donors (Lipinski definition) is 0. The van der Waals surface area contributed by atoms with Crippen molar-refractivity contribution in [3.05, 3.63) is 5.92 Å². The van der Waals surface area contributed by atoms with E-state index in [1.54, 1.807) is 5.92 Å². The lowest BCUT2D eigenvalue weighted by Gasteiger charge is -2.13. The van der Waals surface area contributed by atoms with Gasteiger partial charge in [-0.2, -0.15) is 0 Å². The zero-order valence-electron chi connectivity index (χ0n) is 9.32. The summed E-state index contributed by atoms with van der Waals surface area (Å²) in [5, 5.41) is 0. The monoisotopic (exact) mass is 169 g/mol. The van der Waals surface area contributed by atoms with Crippen molar-refractivity contribution in [3.63, 3.8) is 0 Å². The van der Waals surface area contributed by atoms with Crippen LogP contribution in [0, 0.1) is 11.8 Å². The molecule has 0 aliphatic carbocycles. The second-order valence-corrected chi connectivity index (χ2v) is 4.14. The van der Waals surface area contributed by atoms with Crippen molar-refractivity contribution in [3.8, 4) is 0 Å². The Morgan fingerprint density at radius 1 is 1.08 bits per heavy atom. The molecule has 73 valence electrons. The van der Waals surface area contributed by atoms with Gasteiger partial charge >= 0.3 is 0 Å². The van der Waals surface area contributed by atoms with E-state index in [1.165, 1.54) is 38.5 Å². The van der Waals surface area contributed by atoms with Crippen molar-refractivity contribution in [2.75, 3.05) is 0 Å². The molecule has 0 aromatic carbocycles. The van der Waals surface area contributed by atoms with Gasteiger partial charge in [0.05, 0.1) is 0 Å². The Morgan fingerprint density at radius 3 is 2.17 bits per heavy atom. The second-order valence-electron chi connectivity index (χ2n) is 4.14.